The average molecular weight is 520 g/mol. The van der Waals surface area contributed by atoms with E-state index in [1.165, 1.54) is 23.7 Å². The van der Waals surface area contributed by atoms with Crippen LogP contribution in [0.5, 0.6) is 5.75 Å². The van der Waals surface area contributed by atoms with E-state index in [4.69, 9.17) is 20.8 Å². The molecule has 0 saturated carbocycles. The molecule has 0 bridgehead atoms. The third-order valence-corrected chi connectivity index (χ3v) is 6.53. The van der Waals surface area contributed by atoms with Gasteiger partial charge in [-0.3, -0.25) is 13.9 Å². The van der Waals surface area contributed by atoms with Crippen molar-refractivity contribution in [2.24, 2.45) is 0 Å². The van der Waals surface area contributed by atoms with E-state index in [1.54, 1.807) is 48.5 Å². The van der Waals surface area contributed by atoms with Gasteiger partial charge in [-0.2, -0.15) is 0 Å². The maximum absolute atomic E-state index is 12.6. The van der Waals surface area contributed by atoms with E-state index in [2.05, 4.69) is 10.6 Å². The molecule has 1 heterocycles. The van der Waals surface area contributed by atoms with Crippen molar-refractivity contribution in [3.05, 3.63) is 77.2 Å². The molecule has 1 aromatic heterocycles. The zero-order valence-electron chi connectivity index (χ0n) is 19.3. The number of amides is 2. The van der Waals surface area contributed by atoms with E-state index >= 15 is 0 Å². The first-order valence-electron chi connectivity index (χ1n) is 10.7. The van der Waals surface area contributed by atoms with Crippen LogP contribution in [0.4, 0.5) is 11.4 Å². The Morgan fingerprint density at radius 1 is 1.11 bits per heavy atom. The molecule has 35 heavy (non-hydrogen) atoms. The number of furan rings is 1. The number of sulfonamides is 1. The number of methoxy groups -OCH3 is 1. The third-order valence-electron chi connectivity index (χ3n) is 5.04. The van der Waals surface area contributed by atoms with Crippen molar-refractivity contribution in [2.75, 3.05) is 29.5 Å². The standard InChI is InChI=1S/C24H26ClN3O6S/c1-33-22-12-11-17(15-20(22)25)28(35(2,31)32)13-5-10-23(29)27-21-9-4-3-8-19(21)24(30)26-16-18-7-6-14-34-18/h3-4,6-9,11-12,14-15H,5,10,13,16H2,1-2H3,(H,26,30)(H,27,29). The Bertz CT molecular complexity index is 1280. The smallest absolute Gasteiger partial charge is 0.253 e. The molecule has 0 aliphatic rings. The van der Waals surface area contributed by atoms with E-state index in [9.17, 15) is 18.0 Å². The molecule has 0 aliphatic heterocycles. The number of nitrogens with zero attached hydrogens (tertiary/aromatic N) is 1. The number of carbonyl (C=O) groups excluding carboxylic acids is 2. The lowest BCUT2D eigenvalue weighted by molar-refractivity contribution is -0.116. The van der Waals surface area contributed by atoms with Crippen molar-refractivity contribution >= 4 is 44.8 Å². The third kappa shape index (κ3) is 7.24. The summed E-state index contributed by atoms with van der Waals surface area (Å²) in [6.45, 7) is 0.283. The van der Waals surface area contributed by atoms with Crippen molar-refractivity contribution in [3.8, 4) is 5.75 Å². The summed E-state index contributed by atoms with van der Waals surface area (Å²) in [5, 5.41) is 5.75. The minimum absolute atomic E-state index is 0.0399. The number of rotatable bonds is 11. The monoisotopic (exact) mass is 519 g/mol. The van der Waals surface area contributed by atoms with Crippen LogP contribution in [0.15, 0.2) is 65.3 Å². The van der Waals surface area contributed by atoms with Crippen molar-refractivity contribution in [3.63, 3.8) is 0 Å². The van der Waals surface area contributed by atoms with Crippen LogP contribution in [0.3, 0.4) is 0 Å². The molecule has 0 spiro atoms. The predicted octanol–water partition coefficient (Wildman–Crippen LogP) is 4.06. The van der Waals surface area contributed by atoms with Crippen LogP contribution in [0, 0.1) is 0 Å². The highest BCUT2D eigenvalue weighted by Crippen LogP contribution is 2.30. The lowest BCUT2D eigenvalue weighted by Crippen LogP contribution is -2.31. The van der Waals surface area contributed by atoms with Crippen molar-refractivity contribution in [1.29, 1.82) is 0 Å². The van der Waals surface area contributed by atoms with Crippen LogP contribution < -0.4 is 19.7 Å². The van der Waals surface area contributed by atoms with Gasteiger partial charge in [0.25, 0.3) is 5.91 Å². The van der Waals surface area contributed by atoms with Crippen LogP contribution in [-0.2, 0) is 21.4 Å². The fourth-order valence-corrected chi connectivity index (χ4v) is 4.57. The van der Waals surface area contributed by atoms with E-state index in [0.29, 0.717) is 28.4 Å². The first kappa shape index (κ1) is 26.1. The van der Waals surface area contributed by atoms with Gasteiger partial charge in [0, 0.05) is 13.0 Å². The molecule has 2 aromatic carbocycles. The van der Waals surface area contributed by atoms with Gasteiger partial charge in [-0.05, 0) is 48.9 Å². The van der Waals surface area contributed by atoms with Gasteiger partial charge in [0.2, 0.25) is 15.9 Å². The van der Waals surface area contributed by atoms with Crippen LogP contribution >= 0.6 is 11.6 Å². The fraction of sp³-hybridized carbons (Fsp3) is 0.250. The van der Waals surface area contributed by atoms with Crippen LogP contribution in [0.25, 0.3) is 0 Å². The van der Waals surface area contributed by atoms with Crippen LogP contribution in [-0.4, -0.2) is 40.1 Å². The predicted molar refractivity (Wildman–Crippen MR) is 134 cm³/mol. The normalized spacial score (nSPS) is 11.1. The summed E-state index contributed by atoms with van der Waals surface area (Å²) in [5.74, 6) is 0.318. The summed E-state index contributed by atoms with van der Waals surface area (Å²) in [6.07, 6.45) is 2.89. The van der Waals surface area contributed by atoms with Gasteiger partial charge in [0.05, 0.1) is 48.1 Å². The SMILES string of the molecule is COc1ccc(N(CCCC(=O)Nc2ccccc2C(=O)NCc2ccco2)S(C)(=O)=O)cc1Cl. The van der Waals surface area contributed by atoms with Gasteiger partial charge in [-0.1, -0.05) is 23.7 Å². The van der Waals surface area contributed by atoms with Gasteiger partial charge < -0.3 is 19.8 Å². The second kappa shape index (κ2) is 11.8. The zero-order valence-corrected chi connectivity index (χ0v) is 20.9. The van der Waals surface area contributed by atoms with E-state index in [-0.39, 0.29) is 42.8 Å². The molecular weight excluding hydrogens is 494 g/mol. The molecule has 0 fully saturated rings. The van der Waals surface area contributed by atoms with Crippen LogP contribution in [0.1, 0.15) is 29.0 Å². The zero-order chi connectivity index (χ0) is 25.4. The maximum Gasteiger partial charge on any atom is 0.253 e. The number of nitrogens with one attached hydrogen (secondary N) is 2. The van der Waals surface area contributed by atoms with Gasteiger partial charge in [-0.15, -0.1) is 0 Å². The summed E-state index contributed by atoms with van der Waals surface area (Å²) < 4.78 is 36.2. The molecule has 0 unspecified atom stereocenters. The molecule has 186 valence electrons. The highest BCUT2D eigenvalue weighted by Gasteiger charge is 2.19. The van der Waals surface area contributed by atoms with Crippen molar-refractivity contribution < 1.29 is 27.2 Å². The second-order valence-electron chi connectivity index (χ2n) is 7.61. The molecule has 3 rings (SSSR count). The number of carbonyl (C=O) groups is 2. The number of hydrogen-bond donors (Lipinski definition) is 2. The maximum atomic E-state index is 12.6. The Labute approximate surface area is 209 Å². The van der Waals surface area contributed by atoms with Crippen molar-refractivity contribution in [1.82, 2.24) is 5.32 Å². The molecule has 2 N–H and O–H groups in total. The Balaban J connectivity index is 1.60. The van der Waals surface area contributed by atoms with E-state index < -0.39 is 10.0 Å². The lowest BCUT2D eigenvalue weighted by atomic mass is 10.1. The lowest BCUT2D eigenvalue weighted by Gasteiger charge is -2.23. The molecular formula is C24H26ClN3O6S. The highest BCUT2D eigenvalue weighted by molar-refractivity contribution is 7.92. The number of halogens is 1. The molecule has 11 heteroatoms. The minimum atomic E-state index is -3.61. The number of benzene rings is 2. The number of para-hydroxylation sites is 1. The minimum Gasteiger partial charge on any atom is -0.495 e. The second-order valence-corrected chi connectivity index (χ2v) is 9.93. The molecule has 2 amide bonds. The summed E-state index contributed by atoms with van der Waals surface area (Å²) in [5.41, 5.74) is 1.03. The average Bonchev–Trinajstić information content (AvgIpc) is 3.33. The first-order chi connectivity index (χ1) is 16.7. The molecule has 0 radical (unpaired) electrons. The van der Waals surface area contributed by atoms with E-state index in [0.717, 1.165) is 6.26 Å². The molecule has 0 atom stereocenters. The van der Waals surface area contributed by atoms with Gasteiger partial charge in [-0.25, -0.2) is 8.42 Å². The van der Waals surface area contributed by atoms with Crippen molar-refractivity contribution in [2.45, 2.75) is 19.4 Å². The largest absolute Gasteiger partial charge is 0.495 e. The Morgan fingerprint density at radius 3 is 2.54 bits per heavy atom. The molecule has 0 saturated heterocycles. The molecule has 0 aliphatic carbocycles. The molecule has 9 nitrogen and oxygen atoms in total. The topological polar surface area (TPSA) is 118 Å². The Morgan fingerprint density at radius 2 is 1.89 bits per heavy atom. The number of hydrogen-bond acceptors (Lipinski definition) is 6. The molecule has 3 aromatic rings. The van der Waals surface area contributed by atoms with E-state index in [1.807, 2.05) is 0 Å². The quantitative estimate of drug-likeness (QED) is 0.394. The Hall–Kier alpha value is -3.50. The summed E-state index contributed by atoms with van der Waals surface area (Å²) >= 11 is 6.14. The fourth-order valence-electron chi connectivity index (χ4n) is 3.36. The Kier molecular flexibility index (Phi) is 8.78. The summed E-state index contributed by atoms with van der Waals surface area (Å²) in [4.78, 5) is 25.2. The first-order valence-corrected chi connectivity index (χ1v) is 12.9. The van der Waals surface area contributed by atoms with Gasteiger partial charge >= 0.3 is 0 Å². The highest BCUT2D eigenvalue weighted by atomic mass is 35.5. The van der Waals surface area contributed by atoms with Gasteiger partial charge in [0.15, 0.2) is 0 Å². The number of anilines is 2. The van der Waals surface area contributed by atoms with Gasteiger partial charge in [0.1, 0.15) is 11.5 Å². The summed E-state index contributed by atoms with van der Waals surface area (Å²) in [7, 11) is -2.15. The number of ether oxygens (including phenoxy) is 1. The van der Waals surface area contributed by atoms with Crippen LogP contribution in [0.2, 0.25) is 5.02 Å². The summed E-state index contributed by atoms with van der Waals surface area (Å²) in [6, 6.07) is 14.8.